The third-order valence-corrected chi connectivity index (χ3v) is 4.74. The van der Waals surface area contributed by atoms with E-state index in [9.17, 15) is 4.79 Å². The number of benzene rings is 1. The largest absolute Gasteiger partial charge is 0.454 e. The summed E-state index contributed by atoms with van der Waals surface area (Å²) < 4.78 is 10.7. The van der Waals surface area contributed by atoms with Gasteiger partial charge < -0.3 is 20.1 Å². The zero-order chi connectivity index (χ0) is 17.8. The number of fused-ring (bicyclic) bond motifs is 1. The summed E-state index contributed by atoms with van der Waals surface area (Å²) >= 11 is 1.31. The van der Waals surface area contributed by atoms with E-state index in [2.05, 4.69) is 20.6 Å². The standard InChI is InChI=1S/C18H16N4O3S/c23-17(20-9-13-2-1-5-19-7-13)16-10-22-18(26-16)21-8-12-3-4-14-15(6-12)25-11-24-14/h1-7,10H,8-9,11H2,(H,20,23)(H,21,22). The molecule has 0 atom stereocenters. The van der Waals surface area contributed by atoms with Crippen molar-refractivity contribution in [2.75, 3.05) is 12.1 Å². The maximum absolute atomic E-state index is 12.2. The smallest absolute Gasteiger partial charge is 0.263 e. The minimum absolute atomic E-state index is 0.150. The number of amides is 1. The van der Waals surface area contributed by atoms with Crippen molar-refractivity contribution in [1.29, 1.82) is 0 Å². The molecule has 0 radical (unpaired) electrons. The van der Waals surface area contributed by atoms with Crippen LogP contribution in [0.25, 0.3) is 0 Å². The Bertz CT molecular complexity index is 914. The third kappa shape index (κ3) is 3.75. The van der Waals surface area contributed by atoms with Crippen LogP contribution in [0.5, 0.6) is 11.5 Å². The van der Waals surface area contributed by atoms with Crippen LogP contribution in [0.4, 0.5) is 5.13 Å². The Morgan fingerprint density at radius 3 is 2.92 bits per heavy atom. The molecule has 2 N–H and O–H groups in total. The molecule has 0 saturated heterocycles. The van der Waals surface area contributed by atoms with Gasteiger partial charge in [-0.25, -0.2) is 4.98 Å². The average Bonchev–Trinajstić information content (AvgIpc) is 3.34. The molecule has 0 aliphatic carbocycles. The number of nitrogens with zero attached hydrogens (tertiary/aromatic N) is 2. The molecule has 4 rings (SSSR count). The predicted octanol–water partition coefficient (Wildman–Crippen LogP) is 2.81. The van der Waals surface area contributed by atoms with Crippen LogP contribution in [0.3, 0.4) is 0 Å². The van der Waals surface area contributed by atoms with Gasteiger partial charge in [0.05, 0.1) is 6.20 Å². The normalized spacial score (nSPS) is 12.0. The first-order valence-electron chi connectivity index (χ1n) is 8.03. The molecule has 1 aliphatic heterocycles. The molecule has 132 valence electrons. The van der Waals surface area contributed by atoms with Gasteiger partial charge in [-0.15, -0.1) is 0 Å². The molecule has 0 unspecified atom stereocenters. The molecule has 8 heteroatoms. The molecule has 7 nitrogen and oxygen atoms in total. The quantitative estimate of drug-likeness (QED) is 0.696. The fourth-order valence-electron chi connectivity index (χ4n) is 2.46. The number of carbonyl (C=O) groups is 1. The van der Waals surface area contributed by atoms with Gasteiger partial charge in [0.15, 0.2) is 16.6 Å². The van der Waals surface area contributed by atoms with Crippen LogP contribution in [0.1, 0.15) is 20.8 Å². The van der Waals surface area contributed by atoms with Crippen LogP contribution in [0, 0.1) is 0 Å². The van der Waals surface area contributed by atoms with Gasteiger partial charge >= 0.3 is 0 Å². The van der Waals surface area contributed by atoms with Crippen molar-refractivity contribution in [2.45, 2.75) is 13.1 Å². The number of hydrogen-bond acceptors (Lipinski definition) is 7. The molecule has 2 aromatic heterocycles. The summed E-state index contributed by atoms with van der Waals surface area (Å²) in [7, 11) is 0. The first-order valence-corrected chi connectivity index (χ1v) is 8.85. The molecule has 26 heavy (non-hydrogen) atoms. The minimum Gasteiger partial charge on any atom is -0.454 e. The van der Waals surface area contributed by atoms with Gasteiger partial charge in [0.2, 0.25) is 6.79 Å². The molecular weight excluding hydrogens is 352 g/mol. The Morgan fingerprint density at radius 1 is 1.12 bits per heavy atom. The highest BCUT2D eigenvalue weighted by Gasteiger charge is 2.14. The summed E-state index contributed by atoms with van der Waals surface area (Å²) in [4.78, 5) is 21.1. The monoisotopic (exact) mass is 368 g/mol. The maximum Gasteiger partial charge on any atom is 0.263 e. The van der Waals surface area contributed by atoms with Crippen molar-refractivity contribution in [3.8, 4) is 11.5 Å². The second-order valence-electron chi connectivity index (χ2n) is 5.61. The zero-order valence-electron chi connectivity index (χ0n) is 13.8. The summed E-state index contributed by atoms with van der Waals surface area (Å²) in [6.45, 7) is 1.28. The van der Waals surface area contributed by atoms with E-state index in [-0.39, 0.29) is 12.7 Å². The Morgan fingerprint density at radius 2 is 2.04 bits per heavy atom. The summed E-state index contributed by atoms with van der Waals surface area (Å²) in [6, 6.07) is 9.54. The third-order valence-electron chi connectivity index (χ3n) is 3.79. The molecule has 3 aromatic rings. The topological polar surface area (TPSA) is 85.4 Å². The number of anilines is 1. The molecule has 1 aliphatic rings. The highest BCUT2D eigenvalue weighted by Crippen LogP contribution is 2.32. The molecule has 1 amide bonds. The van der Waals surface area contributed by atoms with Crippen LogP contribution in [-0.2, 0) is 13.1 Å². The summed E-state index contributed by atoms with van der Waals surface area (Å²) in [5.74, 6) is 1.36. The van der Waals surface area contributed by atoms with Gasteiger partial charge in [0, 0.05) is 25.5 Å². The second kappa shape index (κ2) is 7.40. The zero-order valence-corrected chi connectivity index (χ0v) is 14.6. The number of ether oxygens (including phenoxy) is 2. The van der Waals surface area contributed by atoms with Gasteiger partial charge in [-0.2, -0.15) is 0 Å². The van der Waals surface area contributed by atoms with Crippen LogP contribution in [0.2, 0.25) is 0 Å². The van der Waals surface area contributed by atoms with E-state index in [4.69, 9.17) is 9.47 Å². The van der Waals surface area contributed by atoms with Gasteiger partial charge in [-0.3, -0.25) is 9.78 Å². The Balaban J connectivity index is 1.32. The fraction of sp³-hybridized carbons (Fsp3) is 0.167. The lowest BCUT2D eigenvalue weighted by Crippen LogP contribution is -2.21. The highest BCUT2D eigenvalue weighted by molar-refractivity contribution is 7.17. The highest BCUT2D eigenvalue weighted by atomic mass is 32.1. The van der Waals surface area contributed by atoms with Crippen molar-refractivity contribution >= 4 is 22.4 Å². The van der Waals surface area contributed by atoms with Crippen molar-refractivity contribution < 1.29 is 14.3 Å². The molecule has 3 heterocycles. The molecule has 0 spiro atoms. The number of rotatable bonds is 6. The Labute approximate surface area is 154 Å². The molecule has 0 saturated carbocycles. The van der Waals surface area contributed by atoms with Crippen LogP contribution in [0.15, 0.2) is 48.9 Å². The van der Waals surface area contributed by atoms with Crippen molar-refractivity contribution in [3.63, 3.8) is 0 Å². The van der Waals surface area contributed by atoms with E-state index < -0.39 is 0 Å². The first kappa shape index (κ1) is 16.3. The SMILES string of the molecule is O=C(NCc1cccnc1)c1cnc(NCc2ccc3c(c2)OCO3)s1. The van der Waals surface area contributed by atoms with Crippen molar-refractivity contribution in [3.05, 3.63) is 64.9 Å². The van der Waals surface area contributed by atoms with E-state index >= 15 is 0 Å². The summed E-state index contributed by atoms with van der Waals surface area (Å²) in [5, 5.41) is 6.78. The van der Waals surface area contributed by atoms with Crippen LogP contribution in [-0.4, -0.2) is 22.7 Å². The number of thiazole rings is 1. The number of aromatic nitrogens is 2. The van der Waals surface area contributed by atoms with Gasteiger partial charge in [0.25, 0.3) is 5.91 Å². The van der Waals surface area contributed by atoms with Gasteiger partial charge in [-0.05, 0) is 29.3 Å². The van der Waals surface area contributed by atoms with E-state index in [1.165, 1.54) is 11.3 Å². The van der Waals surface area contributed by atoms with E-state index in [1.54, 1.807) is 18.6 Å². The van der Waals surface area contributed by atoms with Crippen molar-refractivity contribution in [2.24, 2.45) is 0 Å². The first-order chi connectivity index (χ1) is 12.8. The van der Waals surface area contributed by atoms with E-state index in [0.29, 0.717) is 23.1 Å². The van der Waals surface area contributed by atoms with E-state index in [0.717, 1.165) is 22.6 Å². The number of pyridine rings is 1. The van der Waals surface area contributed by atoms with Gasteiger partial charge in [0.1, 0.15) is 4.88 Å². The molecular formula is C18H16N4O3S. The predicted molar refractivity (Wildman–Crippen MR) is 97.4 cm³/mol. The van der Waals surface area contributed by atoms with E-state index in [1.807, 2.05) is 30.3 Å². The Kier molecular flexibility index (Phi) is 4.65. The Hall–Kier alpha value is -3.13. The molecule has 0 fully saturated rings. The average molecular weight is 368 g/mol. The number of hydrogen-bond donors (Lipinski definition) is 2. The van der Waals surface area contributed by atoms with Crippen LogP contribution < -0.4 is 20.1 Å². The number of carbonyl (C=O) groups excluding carboxylic acids is 1. The van der Waals surface area contributed by atoms with Gasteiger partial charge in [-0.1, -0.05) is 23.5 Å². The maximum atomic E-state index is 12.2. The lowest BCUT2D eigenvalue weighted by molar-refractivity contribution is 0.0954. The lowest BCUT2D eigenvalue weighted by atomic mass is 10.2. The second-order valence-corrected chi connectivity index (χ2v) is 6.65. The lowest BCUT2D eigenvalue weighted by Gasteiger charge is -2.04. The molecule has 0 bridgehead atoms. The minimum atomic E-state index is -0.150. The van der Waals surface area contributed by atoms with Crippen molar-refractivity contribution in [1.82, 2.24) is 15.3 Å². The fourth-order valence-corrected chi connectivity index (χ4v) is 3.19. The molecule has 1 aromatic carbocycles. The summed E-state index contributed by atoms with van der Waals surface area (Å²) in [5.41, 5.74) is 2.00. The number of nitrogens with one attached hydrogen (secondary N) is 2. The summed E-state index contributed by atoms with van der Waals surface area (Å²) in [6.07, 6.45) is 5.00. The van der Waals surface area contributed by atoms with Crippen LogP contribution >= 0.6 is 11.3 Å².